The van der Waals surface area contributed by atoms with E-state index in [4.69, 9.17) is 0 Å². The quantitative estimate of drug-likeness (QED) is 0.837. The average Bonchev–Trinajstić information content (AvgIpc) is 2.17. The van der Waals surface area contributed by atoms with E-state index >= 15 is 0 Å². The van der Waals surface area contributed by atoms with E-state index in [-0.39, 0.29) is 12.1 Å². The van der Waals surface area contributed by atoms with Crippen LogP contribution in [0.4, 0.5) is 8.78 Å². The van der Waals surface area contributed by atoms with Crippen molar-refractivity contribution in [3.63, 3.8) is 0 Å². The number of rotatable bonds is 5. The molecule has 4 heteroatoms. The van der Waals surface area contributed by atoms with Crippen molar-refractivity contribution in [3.8, 4) is 0 Å². The molecule has 1 aromatic carbocycles. The van der Waals surface area contributed by atoms with Gasteiger partial charge >= 0.3 is 0 Å². The van der Waals surface area contributed by atoms with E-state index in [2.05, 4.69) is 0 Å². The smallest absolute Gasteiger partial charge is 0.131 e. The molecule has 0 saturated carbocycles. The first kappa shape index (κ1) is 13.1. The molecule has 1 N–H and O–H groups in total. The van der Waals surface area contributed by atoms with E-state index in [0.717, 1.165) is 25.1 Å². The Morgan fingerprint density at radius 2 is 1.88 bits per heavy atom. The third-order valence-electron chi connectivity index (χ3n) is 2.42. The third-order valence-corrected chi connectivity index (χ3v) is 2.42. The Labute approximate surface area is 94.5 Å². The summed E-state index contributed by atoms with van der Waals surface area (Å²) in [5.74, 6) is -1.39. The SMILES string of the molecule is CCCN(C)CC(O)c1c(F)cccc1F. The highest BCUT2D eigenvalue weighted by molar-refractivity contribution is 5.22. The van der Waals surface area contributed by atoms with Gasteiger partial charge in [-0.2, -0.15) is 0 Å². The minimum atomic E-state index is -1.13. The zero-order valence-electron chi connectivity index (χ0n) is 9.58. The Bertz CT molecular complexity index is 324. The molecule has 0 spiro atoms. The molecule has 0 heterocycles. The van der Waals surface area contributed by atoms with E-state index in [9.17, 15) is 13.9 Å². The van der Waals surface area contributed by atoms with Crippen LogP contribution in [0, 0.1) is 11.6 Å². The molecule has 0 aliphatic heterocycles. The van der Waals surface area contributed by atoms with Crippen molar-refractivity contribution < 1.29 is 13.9 Å². The van der Waals surface area contributed by atoms with Crippen molar-refractivity contribution in [2.24, 2.45) is 0 Å². The molecule has 0 aliphatic rings. The summed E-state index contributed by atoms with van der Waals surface area (Å²) in [6, 6.07) is 3.60. The average molecular weight is 229 g/mol. The van der Waals surface area contributed by atoms with Crippen LogP contribution >= 0.6 is 0 Å². The van der Waals surface area contributed by atoms with Crippen LogP contribution < -0.4 is 0 Å². The first-order valence-corrected chi connectivity index (χ1v) is 5.36. The fourth-order valence-corrected chi connectivity index (χ4v) is 1.69. The fourth-order valence-electron chi connectivity index (χ4n) is 1.69. The van der Waals surface area contributed by atoms with Crippen LogP contribution in [0.25, 0.3) is 0 Å². The van der Waals surface area contributed by atoms with Crippen LogP contribution in [0.2, 0.25) is 0 Å². The normalized spacial score (nSPS) is 13.1. The van der Waals surface area contributed by atoms with Gasteiger partial charge in [0.25, 0.3) is 0 Å². The summed E-state index contributed by atoms with van der Waals surface area (Å²) in [6.07, 6.45) is -0.194. The van der Waals surface area contributed by atoms with Crippen LogP contribution in [-0.2, 0) is 0 Å². The molecule has 0 aromatic heterocycles. The van der Waals surface area contributed by atoms with Crippen LogP contribution in [0.15, 0.2) is 18.2 Å². The minimum Gasteiger partial charge on any atom is -0.387 e. The van der Waals surface area contributed by atoms with Crippen LogP contribution in [-0.4, -0.2) is 30.1 Å². The zero-order valence-corrected chi connectivity index (χ0v) is 9.58. The Balaban J connectivity index is 2.76. The van der Waals surface area contributed by atoms with Gasteiger partial charge in [0.1, 0.15) is 11.6 Å². The summed E-state index contributed by atoms with van der Waals surface area (Å²) < 4.78 is 26.6. The van der Waals surface area contributed by atoms with Gasteiger partial charge in [-0.15, -0.1) is 0 Å². The maximum atomic E-state index is 13.3. The van der Waals surface area contributed by atoms with Gasteiger partial charge < -0.3 is 10.0 Å². The van der Waals surface area contributed by atoms with Crippen molar-refractivity contribution in [1.82, 2.24) is 4.90 Å². The van der Waals surface area contributed by atoms with E-state index in [1.54, 1.807) is 0 Å². The van der Waals surface area contributed by atoms with Gasteiger partial charge in [0.15, 0.2) is 0 Å². The number of hydrogen-bond donors (Lipinski definition) is 1. The molecule has 1 aromatic rings. The molecule has 90 valence electrons. The van der Waals surface area contributed by atoms with Gasteiger partial charge in [-0.1, -0.05) is 13.0 Å². The number of aliphatic hydroxyl groups is 1. The third kappa shape index (κ3) is 3.25. The molecule has 0 saturated heterocycles. The van der Waals surface area contributed by atoms with Gasteiger partial charge in [0, 0.05) is 6.54 Å². The predicted molar refractivity (Wildman–Crippen MR) is 59.1 cm³/mol. The number of hydrogen-bond acceptors (Lipinski definition) is 2. The van der Waals surface area contributed by atoms with Crippen molar-refractivity contribution in [2.75, 3.05) is 20.1 Å². The number of benzene rings is 1. The maximum absolute atomic E-state index is 13.3. The summed E-state index contributed by atoms with van der Waals surface area (Å²) in [4.78, 5) is 1.84. The van der Waals surface area contributed by atoms with E-state index in [1.165, 1.54) is 6.07 Å². The van der Waals surface area contributed by atoms with Crippen molar-refractivity contribution >= 4 is 0 Å². The molecule has 1 rings (SSSR count). The number of halogens is 2. The van der Waals surface area contributed by atoms with Crippen LogP contribution in [0.5, 0.6) is 0 Å². The first-order valence-electron chi connectivity index (χ1n) is 5.36. The van der Waals surface area contributed by atoms with Crippen molar-refractivity contribution in [1.29, 1.82) is 0 Å². The van der Waals surface area contributed by atoms with Gasteiger partial charge in [0.05, 0.1) is 11.7 Å². The Morgan fingerprint density at radius 3 is 2.38 bits per heavy atom. The van der Waals surface area contributed by atoms with Gasteiger partial charge in [-0.25, -0.2) is 8.78 Å². The fraction of sp³-hybridized carbons (Fsp3) is 0.500. The lowest BCUT2D eigenvalue weighted by molar-refractivity contribution is 0.120. The summed E-state index contributed by atoms with van der Waals surface area (Å²) >= 11 is 0. The zero-order chi connectivity index (χ0) is 12.1. The number of likely N-dealkylation sites (N-methyl/N-ethyl adjacent to an activating group) is 1. The summed E-state index contributed by atoms with van der Waals surface area (Å²) in [7, 11) is 1.81. The first-order chi connectivity index (χ1) is 7.56. The molecule has 1 unspecified atom stereocenters. The lowest BCUT2D eigenvalue weighted by Crippen LogP contribution is -2.26. The summed E-state index contributed by atoms with van der Waals surface area (Å²) in [5.41, 5.74) is -0.245. The molecule has 2 nitrogen and oxygen atoms in total. The molecule has 16 heavy (non-hydrogen) atoms. The standard InChI is InChI=1S/C12H17F2NO/c1-3-7-15(2)8-11(16)12-9(13)5-4-6-10(12)14/h4-6,11,16H,3,7-8H2,1-2H3. The predicted octanol–water partition coefficient (Wildman–Crippen LogP) is 2.34. The largest absolute Gasteiger partial charge is 0.387 e. The van der Waals surface area contributed by atoms with Gasteiger partial charge in [-0.3, -0.25) is 0 Å². The van der Waals surface area contributed by atoms with Gasteiger partial charge in [-0.05, 0) is 32.1 Å². The highest BCUT2D eigenvalue weighted by Crippen LogP contribution is 2.21. The second-order valence-corrected chi connectivity index (χ2v) is 3.91. The minimum absolute atomic E-state index is 0.228. The monoisotopic (exact) mass is 229 g/mol. The van der Waals surface area contributed by atoms with E-state index < -0.39 is 17.7 Å². The molecular weight excluding hydrogens is 212 g/mol. The van der Waals surface area contributed by atoms with E-state index in [1.807, 2.05) is 18.9 Å². The lowest BCUT2D eigenvalue weighted by Gasteiger charge is -2.20. The Hall–Kier alpha value is -1.00. The molecule has 0 aliphatic carbocycles. The second-order valence-electron chi connectivity index (χ2n) is 3.91. The van der Waals surface area contributed by atoms with E-state index in [0.29, 0.717) is 0 Å². The Kier molecular flexibility index (Phi) is 4.83. The highest BCUT2D eigenvalue weighted by Gasteiger charge is 2.18. The molecule has 0 radical (unpaired) electrons. The van der Waals surface area contributed by atoms with Gasteiger partial charge in [0.2, 0.25) is 0 Å². The molecule has 0 amide bonds. The lowest BCUT2D eigenvalue weighted by atomic mass is 10.1. The van der Waals surface area contributed by atoms with Crippen LogP contribution in [0.3, 0.4) is 0 Å². The van der Waals surface area contributed by atoms with Crippen molar-refractivity contribution in [2.45, 2.75) is 19.4 Å². The maximum Gasteiger partial charge on any atom is 0.131 e. The highest BCUT2D eigenvalue weighted by atomic mass is 19.1. The molecular formula is C12H17F2NO. The molecule has 1 atom stereocenters. The van der Waals surface area contributed by atoms with Crippen LogP contribution in [0.1, 0.15) is 25.0 Å². The van der Waals surface area contributed by atoms with Crippen molar-refractivity contribution in [3.05, 3.63) is 35.4 Å². The molecule has 0 bridgehead atoms. The second kappa shape index (κ2) is 5.92. The summed E-state index contributed by atoms with van der Waals surface area (Å²) in [6.45, 7) is 3.02. The Morgan fingerprint density at radius 1 is 1.31 bits per heavy atom. The number of aliphatic hydroxyl groups excluding tert-OH is 1. The summed E-state index contributed by atoms with van der Waals surface area (Å²) in [5, 5.41) is 9.76. The molecule has 0 fully saturated rings. The number of nitrogens with zero attached hydrogens (tertiary/aromatic N) is 1. The topological polar surface area (TPSA) is 23.5 Å².